The van der Waals surface area contributed by atoms with E-state index in [4.69, 9.17) is 0 Å². The maximum Gasteiger partial charge on any atom is 0.321 e. The van der Waals surface area contributed by atoms with Gasteiger partial charge in [0.2, 0.25) is 0 Å². The lowest BCUT2D eigenvalue weighted by Gasteiger charge is -2.34. The lowest BCUT2D eigenvalue weighted by molar-refractivity contribution is 0.0332. The van der Waals surface area contributed by atoms with E-state index in [0.29, 0.717) is 23.7 Å². The highest BCUT2D eigenvalue weighted by atomic mass is 16.3. The number of rotatable bonds is 4. The molecule has 1 fully saturated rings. The first-order chi connectivity index (χ1) is 9.45. The second-order valence-corrected chi connectivity index (χ2v) is 5.44. The normalized spacial score (nSPS) is 20.9. The van der Waals surface area contributed by atoms with E-state index in [1.807, 2.05) is 0 Å². The number of hydrogen-bond donors (Lipinski definition) is 2. The molecule has 1 aliphatic carbocycles. The van der Waals surface area contributed by atoms with Crippen LogP contribution in [-0.4, -0.2) is 41.5 Å². The van der Waals surface area contributed by atoms with Crippen LogP contribution in [0, 0.1) is 5.92 Å². The molecular weight excluding hydrogens is 256 g/mol. The van der Waals surface area contributed by atoms with Crippen LogP contribution < -0.4 is 5.32 Å². The van der Waals surface area contributed by atoms with Crippen molar-refractivity contribution in [2.75, 3.05) is 18.9 Å². The Bertz CT molecular complexity index is 492. The molecule has 1 saturated carbocycles. The third-order valence-electron chi connectivity index (χ3n) is 3.63. The summed E-state index contributed by atoms with van der Waals surface area (Å²) >= 11 is 0. The number of carbonyl (C=O) groups excluding carboxylic acids is 2. The van der Waals surface area contributed by atoms with Crippen LogP contribution >= 0.6 is 0 Å². The number of urea groups is 1. The summed E-state index contributed by atoms with van der Waals surface area (Å²) in [5.74, 6) is 0.393. The van der Waals surface area contributed by atoms with Gasteiger partial charge in [0.1, 0.15) is 0 Å². The Morgan fingerprint density at radius 3 is 2.40 bits per heavy atom. The highest BCUT2D eigenvalue weighted by Crippen LogP contribution is 2.27. The van der Waals surface area contributed by atoms with Crippen LogP contribution in [0.25, 0.3) is 0 Å². The monoisotopic (exact) mass is 276 g/mol. The SMILES string of the molecule is CC(=O)c1ccc(NC(=O)N(C)CC2CC(O)C2)cc1. The van der Waals surface area contributed by atoms with E-state index in [9.17, 15) is 14.7 Å². The van der Waals surface area contributed by atoms with Gasteiger partial charge in [0, 0.05) is 24.8 Å². The summed E-state index contributed by atoms with van der Waals surface area (Å²) in [5, 5.41) is 12.0. The number of ketones is 1. The van der Waals surface area contributed by atoms with Crippen molar-refractivity contribution in [3.8, 4) is 0 Å². The number of anilines is 1. The average Bonchev–Trinajstić information content (AvgIpc) is 2.37. The Hall–Kier alpha value is -1.88. The Morgan fingerprint density at radius 1 is 1.30 bits per heavy atom. The van der Waals surface area contributed by atoms with E-state index >= 15 is 0 Å². The smallest absolute Gasteiger partial charge is 0.321 e. The molecule has 5 heteroatoms. The minimum Gasteiger partial charge on any atom is -0.393 e. The van der Waals surface area contributed by atoms with E-state index in [-0.39, 0.29) is 17.9 Å². The van der Waals surface area contributed by atoms with Crippen molar-refractivity contribution in [2.24, 2.45) is 5.92 Å². The van der Waals surface area contributed by atoms with Crippen LogP contribution in [0.15, 0.2) is 24.3 Å². The van der Waals surface area contributed by atoms with E-state index in [1.165, 1.54) is 6.92 Å². The van der Waals surface area contributed by atoms with Crippen LogP contribution in [0.2, 0.25) is 0 Å². The first kappa shape index (κ1) is 14.5. The van der Waals surface area contributed by atoms with Crippen molar-refractivity contribution in [1.29, 1.82) is 0 Å². The second-order valence-electron chi connectivity index (χ2n) is 5.44. The van der Waals surface area contributed by atoms with E-state index in [1.54, 1.807) is 36.2 Å². The molecule has 20 heavy (non-hydrogen) atoms. The first-order valence-corrected chi connectivity index (χ1v) is 6.77. The summed E-state index contributed by atoms with van der Waals surface area (Å²) in [4.78, 5) is 24.8. The molecule has 2 rings (SSSR count). The molecule has 2 N–H and O–H groups in total. The molecule has 0 radical (unpaired) electrons. The molecule has 1 aromatic carbocycles. The fraction of sp³-hybridized carbons (Fsp3) is 0.467. The maximum atomic E-state index is 12.0. The molecule has 0 heterocycles. The van der Waals surface area contributed by atoms with Crippen molar-refractivity contribution < 1.29 is 14.7 Å². The lowest BCUT2D eigenvalue weighted by Crippen LogP contribution is -2.41. The largest absolute Gasteiger partial charge is 0.393 e. The predicted molar refractivity (Wildman–Crippen MR) is 76.8 cm³/mol. The molecule has 0 atom stereocenters. The number of amides is 2. The number of aliphatic hydroxyl groups excluding tert-OH is 1. The first-order valence-electron chi connectivity index (χ1n) is 6.77. The van der Waals surface area contributed by atoms with Gasteiger partial charge in [-0.2, -0.15) is 0 Å². The molecule has 0 unspecified atom stereocenters. The highest BCUT2D eigenvalue weighted by molar-refractivity contribution is 5.95. The van der Waals surface area contributed by atoms with Crippen molar-refractivity contribution >= 4 is 17.5 Å². The fourth-order valence-corrected chi connectivity index (χ4v) is 2.33. The van der Waals surface area contributed by atoms with Crippen LogP contribution in [0.4, 0.5) is 10.5 Å². The molecule has 1 aliphatic rings. The lowest BCUT2D eigenvalue weighted by atomic mass is 9.82. The summed E-state index contributed by atoms with van der Waals surface area (Å²) in [6.07, 6.45) is 1.34. The number of Topliss-reactive ketones (excluding diaryl/α,β-unsaturated/α-hetero) is 1. The molecule has 108 valence electrons. The number of nitrogens with zero attached hydrogens (tertiary/aromatic N) is 1. The highest BCUT2D eigenvalue weighted by Gasteiger charge is 2.29. The van der Waals surface area contributed by atoms with E-state index < -0.39 is 0 Å². The maximum absolute atomic E-state index is 12.0. The fourth-order valence-electron chi connectivity index (χ4n) is 2.33. The van der Waals surface area contributed by atoms with Gasteiger partial charge in [-0.05, 0) is 49.9 Å². The Labute approximate surface area is 118 Å². The van der Waals surface area contributed by atoms with E-state index in [2.05, 4.69) is 5.32 Å². The Morgan fingerprint density at radius 2 is 1.90 bits per heavy atom. The quantitative estimate of drug-likeness (QED) is 0.828. The van der Waals surface area contributed by atoms with Gasteiger partial charge in [-0.25, -0.2) is 4.79 Å². The van der Waals surface area contributed by atoms with Crippen molar-refractivity contribution in [1.82, 2.24) is 4.90 Å². The van der Waals surface area contributed by atoms with Crippen LogP contribution in [0.5, 0.6) is 0 Å². The molecular formula is C15H20N2O3. The predicted octanol–water partition coefficient (Wildman–Crippen LogP) is 2.12. The van der Waals surface area contributed by atoms with Gasteiger partial charge in [0.25, 0.3) is 0 Å². The number of benzene rings is 1. The summed E-state index contributed by atoms with van der Waals surface area (Å²) in [5.41, 5.74) is 1.29. The van der Waals surface area contributed by atoms with Crippen LogP contribution in [0.1, 0.15) is 30.1 Å². The number of hydrogen-bond acceptors (Lipinski definition) is 3. The molecule has 2 amide bonds. The topological polar surface area (TPSA) is 69.6 Å². The zero-order valence-electron chi connectivity index (χ0n) is 11.8. The van der Waals surface area contributed by atoms with Gasteiger partial charge < -0.3 is 15.3 Å². The van der Waals surface area contributed by atoms with E-state index in [0.717, 1.165) is 12.8 Å². The summed E-state index contributed by atoms with van der Waals surface area (Å²) in [6, 6.07) is 6.65. The van der Waals surface area contributed by atoms with Gasteiger partial charge in [-0.15, -0.1) is 0 Å². The molecule has 0 aliphatic heterocycles. The molecule has 0 saturated heterocycles. The van der Waals surface area contributed by atoms with Gasteiger partial charge in [-0.1, -0.05) is 0 Å². The molecule has 1 aromatic rings. The molecule has 0 spiro atoms. The summed E-state index contributed by atoms with van der Waals surface area (Å²) in [6.45, 7) is 2.16. The average molecular weight is 276 g/mol. The number of aliphatic hydroxyl groups is 1. The van der Waals surface area contributed by atoms with Crippen LogP contribution in [-0.2, 0) is 0 Å². The van der Waals surface area contributed by atoms with Gasteiger partial charge >= 0.3 is 6.03 Å². The zero-order chi connectivity index (χ0) is 14.7. The van der Waals surface area contributed by atoms with Gasteiger partial charge in [-0.3, -0.25) is 4.79 Å². The molecule has 0 bridgehead atoms. The van der Waals surface area contributed by atoms with Crippen molar-refractivity contribution in [3.63, 3.8) is 0 Å². The third kappa shape index (κ3) is 3.57. The number of carbonyl (C=O) groups is 2. The van der Waals surface area contributed by atoms with Gasteiger partial charge in [0.15, 0.2) is 5.78 Å². The molecule has 5 nitrogen and oxygen atoms in total. The zero-order valence-corrected chi connectivity index (χ0v) is 11.8. The Balaban J connectivity index is 1.85. The number of nitrogens with one attached hydrogen (secondary N) is 1. The van der Waals surface area contributed by atoms with Gasteiger partial charge in [0.05, 0.1) is 6.10 Å². The second kappa shape index (κ2) is 6.05. The van der Waals surface area contributed by atoms with Crippen LogP contribution in [0.3, 0.4) is 0 Å². The summed E-state index contributed by atoms with van der Waals surface area (Å²) < 4.78 is 0. The summed E-state index contributed by atoms with van der Waals surface area (Å²) in [7, 11) is 1.74. The minimum absolute atomic E-state index is 0.00327. The van der Waals surface area contributed by atoms with Crippen molar-refractivity contribution in [3.05, 3.63) is 29.8 Å². The Kier molecular flexibility index (Phi) is 4.39. The molecule has 0 aromatic heterocycles. The standard InChI is InChI=1S/C15H20N2O3/c1-10(18)12-3-5-13(6-4-12)16-15(20)17(2)9-11-7-14(19)8-11/h3-6,11,14,19H,7-9H2,1-2H3,(H,16,20). The minimum atomic E-state index is -0.199. The third-order valence-corrected chi connectivity index (χ3v) is 3.63. The van der Waals surface area contributed by atoms with Crippen molar-refractivity contribution in [2.45, 2.75) is 25.9 Å².